The maximum atomic E-state index is 9.77. The van der Waals surface area contributed by atoms with Gasteiger partial charge in [0.1, 0.15) is 0 Å². The highest BCUT2D eigenvalue weighted by molar-refractivity contribution is 7.56. The lowest BCUT2D eigenvalue weighted by atomic mass is 10.9. The van der Waals surface area contributed by atoms with Crippen molar-refractivity contribution < 1.29 is 14.2 Å². The third-order valence-electron chi connectivity index (χ3n) is 0.289. The van der Waals surface area contributed by atoms with Crippen molar-refractivity contribution in [2.45, 2.75) is 6.92 Å². The van der Waals surface area contributed by atoms with E-state index in [1.54, 1.807) is 7.11 Å². The normalized spacial score (nSPS) is 9.89. The second-order valence-electron chi connectivity index (χ2n) is 1.87. The molecule has 9 heavy (non-hydrogen) atoms. The summed E-state index contributed by atoms with van der Waals surface area (Å²) in [5.74, 6) is 0. The number of hydrogen-bond donors (Lipinski definition) is 1. The smallest absolute Gasteiger partial charge is 0.194 e. The van der Waals surface area contributed by atoms with Crippen LogP contribution in [0.5, 0.6) is 0 Å². The Balaban J connectivity index is 0. The average Bonchev–Trinajstić information content (AvgIpc) is 1.61. The first kappa shape index (κ1) is 11.9. The molecule has 0 spiro atoms. The lowest BCUT2D eigenvalue weighted by Crippen LogP contribution is -1.73. The molecule has 4 heteroatoms. The molecule has 3 nitrogen and oxygen atoms in total. The van der Waals surface area contributed by atoms with Gasteiger partial charge in [0, 0.05) is 27.0 Å². The second-order valence-corrected chi connectivity index (χ2v) is 4.46. The van der Waals surface area contributed by atoms with E-state index in [9.17, 15) is 4.57 Å². The van der Waals surface area contributed by atoms with Crippen LogP contribution >= 0.6 is 7.37 Å². The zero-order valence-corrected chi connectivity index (χ0v) is 7.31. The van der Waals surface area contributed by atoms with Crippen LogP contribution in [0.1, 0.15) is 6.92 Å². The fraction of sp³-hybridized carbons (Fsp3) is 1.00. The fourth-order valence-corrected chi connectivity index (χ4v) is 0. The van der Waals surface area contributed by atoms with Crippen molar-refractivity contribution in [3.63, 3.8) is 0 Å². The Morgan fingerprint density at radius 3 is 1.67 bits per heavy atom. The number of ether oxygens (including phenoxy) is 1. The van der Waals surface area contributed by atoms with Gasteiger partial charge < -0.3 is 9.63 Å². The summed E-state index contributed by atoms with van der Waals surface area (Å²) >= 11 is 0. The van der Waals surface area contributed by atoms with Gasteiger partial charge in [0.15, 0.2) is 7.37 Å². The SMILES string of the molecule is CCOC.CP(C)(=O)O. The molecule has 0 aliphatic rings. The topological polar surface area (TPSA) is 46.5 Å². The van der Waals surface area contributed by atoms with Crippen LogP contribution in [0.2, 0.25) is 0 Å². The predicted octanol–water partition coefficient (Wildman–Crippen LogP) is 1.17. The van der Waals surface area contributed by atoms with E-state index in [0.717, 1.165) is 6.61 Å². The Hall–Kier alpha value is 0.150. The summed E-state index contributed by atoms with van der Waals surface area (Å²) < 4.78 is 14.3. The van der Waals surface area contributed by atoms with Gasteiger partial charge in [0.05, 0.1) is 0 Å². The fourth-order valence-electron chi connectivity index (χ4n) is 0. The maximum absolute atomic E-state index is 9.77. The van der Waals surface area contributed by atoms with Gasteiger partial charge in [-0.3, -0.25) is 4.57 Å². The maximum Gasteiger partial charge on any atom is 0.194 e. The molecule has 0 radical (unpaired) electrons. The van der Waals surface area contributed by atoms with Gasteiger partial charge in [-0.2, -0.15) is 0 Å². The summed E-state index contributed by atoms with van der Waals surface area (Å²) in [5.41, 5.74) is 0. The zero-order chi connectivity index (χ0) is 7.91. The molecule has 0 aromatic carbocycles. The molecule has 0 rings (SSSR count). The number of hydrogen-bond acceptors (Lipinski definition) is 2. The van der Waals surface area contributed by atoms with Gasteiger partial charge in [-0.05, 0) is 6.92 Å². The molecule has 0 amide bonds. The summed E-state index contributed by atoms with van der Waals surface area (Å²) in [6.45, 7) is 5.38. The van der Waals surface area contributed by atoms with Crippen molar-refractivity contribution >= 4 is 7.37 Å². The standard InChI is InChI=1S/C3H8O.C2H7O2P/c1-3-4-2;1-5(2,3)4/h3H2,1-2H3;1-2H3,(H,3,4). The molecule has 0 aromatic rings. The molecule has 0 saturated carbocycles. The van der Waals surface area contributed by atoms with E-state index in [1.165, 1.54) is 13.3 Å². The molecular weight excluding hydrogens is 139 g/mol. The van der Waals surface area contributed by atoms with Crippen LogP contribution in [0.25, 0.3) is 0 Å². The summed E-state index contributed by atoms with van der Waals surface area (Å²) in [4.78, 5) is 8.08. The van der Waals surface area contributed by atoms with E-state index in [0.29, 0.717) is 0 Å². The quantitative estimate of drug-likeness (QED) is 0.576. The van der Waals surface area contributed by atoms with Crippen LogP contribution < -0.4 is 0 Å². The van der Waals surface area contributed by atoms with E-state index >= 15 is 0 Å². The lowest BCUT2D eigenvalue weighted by Gasteiger charge is -1.86. The minimum atomic E-state index is -2.64. The second kappa shape index (κ2) is 6.27. The minimum Gasteiger partial charge on any atom is -0.385 e. The van der Waals surface area contributed by atoms with Gasteiger partial charge in [0.2, 0.25) is 0 Å². The molecule has 0 aliphatic heterocycles. The molecule has 58 valence electrons. The van der Waals surface area contributed by atoms with Crippen molar-refractivity contribution in [3.8, 4) is 0 Å². The monoisotopic (exact) mass is 154 g/mol. The lowest BCUT2D eigenvalue weighted by molar-refractivity contribution is 0.215. The Morgan fingerprint density at radius 1 is 1.56 bits per heavy atom. The van der Waals surface area contributed by atoms with Gasteiger partial charge in [-0.25, -0.2) is 0 Å². The molecular formula is C5H15O3P. The van der Waals surface area contributed by atoms with Gasteiger partial charge >= 0.3 is 0 Å². The van der Waals surface area contributed by atoms with Crippen LogP contribution in [0.4, 0.5) is 0 Å². The van der Waals surface area contributed by atoms with Crippen LogP contribution in [0, 0.1) is 0 Å². The van der Waals surface area contributed by atoms with Gasteiger partial charge in [-0.1, -0.05) is 0 Å². The Morgan fingerprint density at radius 2 is 1.67 bits per heavy atom. The van der Waals surface area contributed by atoms with Crippen molar-refractivity contribution in [2.75, 3.05) is 27.0 Å². The van der Waals surface area contributed by atoms with Gasteiger partial charge in [0.25, 0.3) is 0 Å². The van der Waals surface area contributed by atoms with Crippen molar-refractivity contribution in [1.82, 2.24) is 0 Å². The van der Waals surface area contributed by atoms with Crippen molar-refractivity contribution in [2.24, 2.45) is 0 Å². The molecule has 0 aliphatic carbocycles. The molecule has 0 atom stereocenters. The van der Waals surface area contributed by atoms with Crippen LogP contribution in [0.15, 0.2) is 0 Å². The predicted molar refractivity (Wildman–Crippen MR) is 39.2 cm³/mol. The van der Waals surface area contributed by atoms with E-state index in [2.05, 4.69) is 4.74 Å². The van der Waals surface area contributed by atoms with Crippen molar-refractivity contribution in [3.05, 3.63) is 0 Å². The highest BCUT2D eigenvalue weighted by Gasteiger charge is 1.92. The first-order valence-electron chi connectivity index (χ1n) is 2.68. The minimum absolute atomic E-state index is 0.819. The molecule has 0 aromatic heterocycles. The molecule has 1 N–H and O–H groups in total. The zero-order valence-electron chi connectivity index (χ0n) is 6.42. The summed E-state index contributed by atoms with van der Waals surface area (Å²) in [5, 5.41) is 0. The third kappa shape index (κ3) is 233. The molecule has 0 saturated heterocycles. The van der Waals surface area contributed by atoms with Gasteiger partial charge in [-0.15, -0.1) is 0 Å². The van der Waals surface area contributed by atoms with Crippen LogP contribution in [-0.2, 0) is 9.30 Å². The first-order valence-corrected chi connectivity index (χ1v) is 5.24. The molecule has 0 fully saturated rings. The number of methoxy groups -OCH3 is 1. The molecule has 0 bridgehead atoms. The van der Waals surface area contributed by atoms with E-state index in [1.807, 2.05) is 6.92 Å². The van der Waals surface area contributed by atoms with E-state index in [-0.39, 0.29) is 0 Å². The summed E-state index contributed by atoms with van der Waals surface area (Å²) in [7, 11) is -0.958. The molecule has 0 heterocycles. The van der Waals surface area contributed by atoms with Crippen LogP contribution in [0.3, 0.4) is 0 Å². The first-order chi connectivity index (χ1) is 3.91. The summed E-state index contributed by atoms with van der Waals surface area (Å²) in [6.07, 6.45) is 0. The largest absolute Gasteiger partial charge is 0.385 e. The Kier molecular flexibility index (Phi) is 8.29. The van der Waals surface area contributed by atoms with E-state index < -0.39 is 7.37 Å². The summed E-state index contributed by atoms with van der Waals surface area (Å²) in [6, 6.07) is 0. The van der Waals surface area contributed by atoms with Crippen molar-refractivity contribution in [1.29, 1.82) is 0 Å². The molecule has 0 unspecified atom stereocenters. The van der Waals surface area contributed by atoms with Crippen LogP contribution in [-0.4, -0.2) is 31.9 Å². The number of rotatable bonds is 1. The Bertz CT molecular complexity index is 75.9. The van der Waals surface area contributed by atoms with E-state index in [4.69, 9.17) is 4.89 Å². The third-order valence-corrected chi connectivity index (χ3v) is 0.289. The Labute approximate surface area is 56.5 Å². The average molecular weight is 154 g/mol. The highest BCUT2D eigenvalue weighted by Crippen LogP contribution is 2.27. The highest BCUT2D eigenvalue weighted by atomic mass is 31.2.